The van der Waals surface area contributed by atoms with E-state index in [9.17, 15) is 24.4 Å². The van der Waals surface area contributed by atoms with Crippen molar-refractivity contribution < 1.29 is 38.7 Å². The van der Waals surface area contributed by atoms with E-state index in [2.05, 4.69) is 11.4 Å². The Morgan fingerprint density at radius 3 is 1.53 bits per heavy atom. The number of ketones is 2. The van der Waals surface area contributed by atoms with E-state index in [1.807, 2.05) is 0 Å². The minimum Gasteiger partial charge on any atom is -0.382 e. The molecule has 0 amide bonds. The number of phosphoric ester groups is 1. The van der Waals surface area contributed by atoms with Gasteiger partial charge in [-0.25, -0.2) is 4.57 Å². The van der Waals surface area contributed by atoms with Crippen LogP contribution in [0.2, 0.25) is 0 Å². The Hall–Kier alpha value is -0.630. The molecule has 0 aromatic heterocycles. The van der Waals surface area contributed by atoms with Gasteiger partial charge in [0.05, 0.1) is 6.61 Å². The van der Waals surface area contributed by atoms with Crippen LogP contribution in [0.25, 0.3) is 0 Å². The number of hydrogen-bond donors (Lipinski definition) is 4. The molecule has 0 bridgehead atoms. The minimum absolute atomic E-state index is 0.0229. The summed E-state index contributed by atoms with van der Waals surface area (Å²) in [6.45, 7) is 2.00. The normalized spacial score (nSPS) is 14.8. The fourth-order valence-corrected chi connectivity index (χ4v) is 3.99. The third-order valence-electron chi connectivity index (χ3n) is 5.85. The van der Waals surface area contributed by atoms with Gasteiger partial charge in [-0.2, -0.15) is 0 Å². The van der Waals surface area contributed by atoms with Crippen molar-refractivity contribution in [3.8, 4) is 0 Å². The highest BCUT2D eigenvalue weighted by molar-refractivity contribution is 7.46. The molecule has 0 saturated heterocycles. The van der Waals surface area contributed by atoms with Crippen LogP contribution in [0.1, 0.15) is 117 Å². The maximum absolute atomic E-state index is 12.1. The summed E-state index contributed by atoms with van der Waals surface area (Å²) in [5.74, 6) is -1.74. The average molecular weight is 481 g/mol. The fraction of sp³-hybridized carbons (Fsp3) is 0.913. The zero-order valence-corrected chi connectivity index (χ0v) is 20.9. The molecule has 0 aliphatic heterocycles. The predicted molar refractivity (Wildman–Crippen MR) is 124 cm³/mol. The molecule has 32 heavy (non-hydrogen) atoms. The highest BCUT2D eigenvalue weighted by Crippen LogP contribution is 2.37. The zero-order chi connectivity index (χ0) is 24.5. The van der Waals surface area contributed by atoms with Gasteiger partial charge in [-0.05, 0) is 13.3 Å². The first kappa shape index (κ1) is 31.4. The SMILES string of the molecule is CCCCCCCCCCCCCCCCCC(=O)C(O)C(O)(COP(=O)(O)O)C(C)=O. The van der Waals surface area contributed by atoms with Crippen LogP contribution in [0.4, 0.5) is 0 Å². The van der Waals surface area contributed by atoms with Crippen molar-refractivity contribution in [2.75, 3.05) is 6.61 Å². The van der Waals surface area contributed by atoms with E-state index < -0.39 is 37.7 Å². The number of carbonyl (C=O) groups is 2. The molecule has 0 radical (unpaired) electrons. The molecule has 0 aliphatic rings. The topological polar surface area (TPSA) is 141 Å². The molecule has 2 atom stereocenters. The highest BCUT2D eigenvalue weighted by Gasteiger charge is 2.45. The van der Waals surface area contributed by atoms with E-state index >= 15 is 0 Å². The summed E-state index contributed by atoms with van der Waals surface area (Å²) in [5.41, 5.74) is -2.67. The van der Waals surface area contributed by atoms with Gasteiger partial charge < -0.3 is 20.0 Å². The van der Waals surface area contributed by atoms with Crippen LogP contribution in [0.15, 0.2) is 0 Å². The maximum Gasteiger partial charge on any atom is 0.469 e. The predicted octanol–water partition coefficient (Wildman–Crippen LogP) is 4.61. The van der Waals surface area contributed by atoms with Crippen molar-refractivity contribution >= 4 is 19.4 Å². The van der Waals surface area contributed by atoms with Crippen molar-refractivity contribution in [1.29, 1.82) is 0 Å². The van der Waals surface area contributed by atoms with Crippen molar-refractivity contribution in [2.24, 2.45) is 0 Å². The first-order valence-corrected chi connectivity index (χ1v) is 13.7. The molecule has 4 N–H and O–H groups in total. The first-order valence-electron chi connectivity index (χ1n) is 12.2. The maximum atomic E-state index is 12.1. The molecule has 0 aromatic rings. The Morgan fingerprint density at radius 2 is 1.19 bits per heavy atom. The summed E-state index contributed by atoms with van der Waals surface area (Å²) in [7, 11) is -4.96. The number of Topliss-reactive ketones (excluding diaryl/α,β-unsaturated/α-hetero) is 2. The molecule has 0 aromatic carbocycles. The lowest BCUT2D eigenvalue weighted by Gasteiger charge is -2.29. The number of aliphatic hydroxyl groups excluding tert-OH is 1. The Kier molecular flexibility index (Phi) is 17.4. The molecule has 190 valence electrons. The molecular weight excluding hydrogens is 435 g/mol. The van der Waals surface area contributed by atoms with E-state index in [4.69, 9.17) is 9.79 Å². The Labute approximate surface area is 193 Å². The van der Waals surface area contributed by atoms with E-state index in [0.717, 1.165) is 32.6 Å². The standard InChI is InChI=1S/C23H45O8P/c1-3-4-5-6-7-8-9-10-11-12-13-14-15-16-17-18-21(25)22(26)23(27,20(2)24)19-31-32(28,29)30/h22,26-27H,3-19H2,1-2H3,(H2,28,29,30). The molecule has 0 rings (SSSR count). The minimum atomic E-state index is -4.96. The van der Waals surface area contributed by atoms with Crippen molar-refractivity contribution in [2.45, 2.75) is 128 Å². The molecule has 9 heteroatoms. The number of hydrogen-bond acceptors (Lipinski definition) is 6. The lowest BCUT2D eigenvalue weighted by atomic mass is 9.88. The molecule has 2 unspecified atom stereocenters. The third kappa shape index (κ3) is 15.3. The monoisotopic (exact) mass is 480 g/mol. The summed E-state index contributed by atoms with van der Waals surface area (Å²) in [4.78, 5) is 41.3. The molecule has 0 aliphatic carbocycles. The van der Waals surface area contributed by atoms with Crippen LogP contribution in [0.3, 0.4) is 0 Å². The number of carbonyl (C=O) groups excluding carboxylic acids is 2. The number of phosphoric acid groups is 1. The molecule has 0 spiro atoms. The Morgan fingerprint density at radius 1 is 0.812 bits per heavy atom. The zero-order valence-electron chi connectivity index (χ0n) is 20.0. The average Bonchev–Trinajstić information content (AvgIpc) is 2.73. The lowest BCUT2D eigenvalue weighted by molar-refractivity contribution is -0.163. The van der Waals surface area contributed by atoms with Crippen LogP contribution in [-0.4, -0.2) is 49.9 Å². The van der Waals surface area contributed by atoms with E-state index in [0.29, 0.717) is 6.42 Å². The van der Waals surface area contributed by atoms with Gasteiger partial charge in [0.1, 0.15) is 0 Å². The molecule has 0 fully saturated rings. The number of unbranched alkanes of at least 4 members (excludes halogenated alkanes) is 14. The smallest absolute Gasteiger partial charge is 0.382 e. The fourth-order valence-electron chi connectivity index (χ4n) is 3.63. The summed E-state index contributed by atoms with van der Waals surface area (Å²) in [6.07, 6.45) is 15.6. The van der Waals surface area contributed by atoms with Crippen LogP contribution in [-0.2, 0) is 18.7 Å². The summed E-state index contributed by atoms with van der Waals surface area (Å²) < 4.78 is 14.9. The van der Waals surface area contributed by atoms with Crippen molar-refractivity contribution in [3.63, 3.8) is 0 Å². The summed E-state index contributed by atoms with van der Waals surface area (Å²) in [5, 5.41) is 20.3. The van der Waals surface area contributed by atoms with Crippen LogP contribution in [0, 0.1) is 0 Å². The van der Waals surface area contributed by atoms with Gasteiger partial charge in [0.15, 0.2) is 23.3 Å². The van der Waals surface area contributed by atoms with Crippen molar-refractivity contribution in [1.82, 2.24) is 0 Å². The second kappa shape index (κ2) is 17.8. The second-order valence-electron chi connectivity index (χ2n) is 8.81. The van der Waals surface area contributed by atoms with E-state index in [1.165, 1.54) is 64.2 Å². The van der Waals surface area contributed by atoms with Crippen LogP contribution < -0.4 is 0 Å². The third-order valence-corrected chi connectivity index (χ3v) is 6.31. The lowest BCUT2D eigenvalue weighted by Crippen LogP contribution is -2.55. The van der Waals surface area contributed by atoms with Gasteiger partial charge in [0.2, 0.25) is 0 Å². The van der Waals surface area contributed by atoms with Gasteiger partial charge in [0, 0.05) is 6.42 Å². The van der Waals surface area contributed by atoms with E-state index in [1.54, 1.807) is 0 Å². The first-order chi connectivity index (χ1) is 15.0. The molecular formula is C23H45O8P. The largest absolute Gasteiger partial charge is 0.469 e. The number of rotatable bonds is 22. The summed E-state index contributed by atoms with van der Waals surface area (Å²) in [6, 6.07) is 0. The van der Waals surface area contributed by atoms with Crippen LogP contribution >= 0.6 is 7.82 Å². The Bertz CT molecular complexity index is 562. The van der Waals surface area contributed by atoms with Gasteiger partial charge in [-0.1, -0.05) is 96.8 Å². The molecule has 0 saturated carbocycles. The van der Waals surface area contributed by atoms with Gasteiger partial charge >= 0.3 is 7.82 Å². The number of aliphatic hydroxyl groups is 2. The van der Waals surface area contributed by atoms with Crippen molar-refractivity contribution in [3.05, 3.63) is 0 Å². The summed E-state index contributed by atoms with van der Waals surface area (Å²) >= 11 is 0. The van der Waals surface area contributed by atoms with Gasteiger partial charge in [-0.15, -0.1) is 0 Å². The quantitative estimate of drug-likeness (QED) is 0.130. The van der Waals surface area contributed by atoms with Gasteiger partial charge in [-0.3, -0.25) is 14.1 Å². The molecule has 8 nitrogen and oxygen atoms in total. The molecule has 0 heterocycles. The van der Waals surface area contributed by atoms with Gasteiger partial charge in [0.25, 0.3) is 0 Å². The van der Waals surface area contributed by atoms with Crippen LogP contribution in [0.5, 0.6) is 0 Å². The second-order valence-corrected chi connectivity index (χ2v) is 10.1. The highest BCUT2D eigenvalue weighted by atomic mass is 31.2. The Balaban J connectivity index is 3.85. The van der Waals surface area contributed by atoms with E-state index in [-0.39, 0.29) is 6.42 Å².